The average molecular weight is 376 g/mol. The molecule has 3 aromatic carbocycles. The van der Waals surface area contributed by atoms with Crippen LogP contribution in [-0.4, -0.2) is 9.97 Å². The first-order valence-electron chi connectivity index (χ1n) is 7.63. The topological polar surface area (TPSA) is 37.8 Å². The molecule has 116 valence electrons. The molecule has 0 atom stereocenters. The Morgan fingerprint density at radius 2 is 1.62 bits per heavy atom. The lowest BCUT2D eigenvalue weighted by atomic mass is 10.0. The van der Waals surface area contributed by atoms with Crippen LogP contribution in [0.25, 0.3) is 22.0 Å². The van der Waals surface area contributed by atoms with E-state index in [-0.39, 0.29) is 0 Å². The molecule has 0 saturated heterocycles. The van der Waals surface area contributed by atoms with E-state index in [4.69, 9.17) is 0 Å². The van der Waals surface area contributed by atoms with E-state index in [1.165, 1.54) is 0 Å². The fraction of sp³-hybridized carbons (Fsp3) is 0. The van der Waals surface area contributed by atoms with Crippen LogP contribution in [0.5, 0.6) is 0 Å². The van der Waals surface area contributed by atoms with Crippen molar-refractivity contribution in [1.82, 2.24) is 9.97 Å². The van der Waals surface area contributed by atoms with Gasteiger partial charge in [0.15, 0.2) is 0 Å². The molecule has 0 aliphatic rings. The molecule has 0 saturated carbocycles. The van der Waals surface area contributed by atoms with Crippen LogP contribution >= 0.6 is 15.9 Å². The van der Waals surface area contributed by atoms with Gasteiger partial charge in [0.1, 0.15) is 12.1 Å². The lowest BCUT2D eigenvalue weighted by Gasteiger charge is -2.13. The third-order valence-corrected chi connectivity index (χ3v) is 4.35. The van der Waals surface area contributed by atoms with E-state index in [0.29, 0.717) is 0 Å². The number of nitrogens with one attached hydrogen (secondary N) is 1. The number of benzene rings is 3. The molecule has 1 N–H and O–H groups in total. The smallest absolute Gasteiger partial charge is 0.141 e. The van der Waals surface area contributed by atoms with Crippen molar-refractivity contribution >= 4 is 38.3 Å². The predicted octanol–water partition coefficient (Wildman–Crippen LogP) is 5.80. The van der Waals surface area contributed by atoms with Gasteiger partial charge < -0.3 is 5.32 Å². The molecule has 0 aliphatic carbocycles. The molecule has 0 bridgehead atoms. The van der Waals surface area contributed by atoms with Crippen LogP contribution in [0, 0.1) is 0 Å². The number of anilines is 2. The van der Waals surface area contributed by atoms with Gasteiger partial charge in [-0.05, 0) is 35.9 Å². The average Bonchev–Trinajstić information content (AvgIpc) is 2.62. The summed E-state index contributed by atoms with van der Waals surface area (Å²) in [7, 11) is 0. The molecule has 1 aromatic heterocycles. The molecule has 4 aromatic rings. The number of hydrogen-bond acceptors (Lipinski definition) is 3. The second-order valence-corrected chi connectivity index (χ2v) is 6.34. The molecule has 0 unspecified atom stereocenters. The largest absolute Gasteiger partial charge is 0.339 e. The quantitative estimate of drug-likeness (QED) is 0.491. The van der Waals surface area contributed by atoms with Gasteiger partial charge in [-0.3, -0.25) is 0 Å². The van der Waals surface area contributed by atoms with Gasteiger partial charge in [0, 0.05) is 21.1 Å². The molecular weight excluding hydrogens is 362 g/mol. The Kier molecular flexibility index (Phi) is 3.97. The molecule has 0 amide bonds. The summed E-state index contributed by atoms with van der Waals surface area (Å²) >= 11 is 3.54. The zero-order chi connectivity index (χ0) is 16.4. The number of fused-ring (bicyclic) bond motifs is 1. The van der Waals surface area contributed by atoms with Crippen molar-refractivity contribution < 1.29 is 0 Å². The zero-order valence-electron chi connectivity index (χ0n) is 12.8. The third kappa shape index (κ3) is 2.88. The number of nitrogens with zero attached hydrogens (tertiary/aromatic N) is 2. The Balaban J connectivity index is 1.80. The van der Waals surface area contributed by atoms with Gasteiger partial charge in [0.25, 0.3) is 0 Å². The lowest BCUT2D eigenvalue weighted by molar-refractivity contribution is 1.22. The summed E-state index contributed by atoms with van der Waals surface area (Å²) in [6, 6.07) is 24.5. The van der Waals surface area contributed by atoms with Crippen LogP contribution in [0.4, 0.5) is 11.5 Å². The molecule has 4 heteroatoms. The number of hydrogen-bond donors (Lipinski definition) is 1. The van der Waals surface area contributed by atoms with Gasteiger partial charge in [-0.2, -0.15) is 0 Å². The van der Waals surface area contributed by atoms with Crippen molar-refractivity contribution in [3.63, 3.8) is 0 Å². The minimum absolute atomic E-state index is 0.808. The fourth-order valence-corrected chi connectivity index (χ4v) is 3.13. The van der Waals surface area contributed by atoms with E-state index in [2.05, 4.69) is 55.5 Å². The zero-order valence-corrected chi connectivity index (χ0v) is 14.4. The SMILES string of the molecule is Brc1cccc(-c2ccccc2Nc2ncnc3ccccc23)c1. The van der Waals surface area contributed by atoms with Crippen molar-refractivity contribution in [1.29, 1.82) is 0 Å². The summed E-state index contributed by atoms with van der Waals surface area (Å²) in [5, 5.41) is 4.47. The van der Waals surface area contributed by atoms with E-state index in [1.54, 1.807) is 6.33 Å². The molecule has 1 heterocycles. The molecule has 0 aliphatic heterocycles. The number of rotatable bonds is 3. The van der Waals surface area contributed by atoms with Crippen molar-refractivity contribution in [2.45, 2.75) is 0 Å². The number of halogens is 1. The Bertz CT molecular complexity index is 1010. The maximum Gasteiger partial charge on any atom is 0.141 e. The first-order valence-corrected chi connectivity index (χ1v) is 8.42. The highest BCUT2D eigenvalue weighted by Crippen LogP contribution is 2.32. The van der Waals surface area contributed by atoms with E-state index in [9.17, 15) is 0 Å². The Hall–Kier alpha value is -2.72. The van der Waals surface area contributed by atoms with Crippen LogP contribution in [0.3, 0.4) is 0 Å². The molecule has 0 radical (unpaired) electrons. The first-order chi connectivity index (χ1) is 11.8. The maximum absolute atomic E-state index is 4.42. The van der Waals surface area contributed by atoms with Gasteiger partial charge in [0.2, 0.25) is 0 Å². The Labute approximate surface area is 148 Å². The number of aromatic nitrogens is 2. The van der Waals surface area contributed by atoms with Gasteiger partial charge in [0.05, 0.1) is 5.52 Å². The van der Waals surface area contributed by atoms with Gasteiger partial charge >= 0.3 is 0 Å². The van der Waals surface area contributed by atoms with Crippen LogP contribution in [0.1, 0.15) is 0 Å². The summed E-state index contributed by atoms with van der Waals surface area (Å²) < 4.78 is 1.06. The van der Waals surface area contributed by atoms with Crippen LogP contribution in [0.15, 0.2) is 83.6 Å². The molecule has 4 rings (SSSR count). The highest BCUT2D eigenvalue weighted by atomic mass is 79.9. The van der Waals surface area contributed by atoms with E-state index in [0.717, 1.165) is 38.0 Å². The van der Waals surface area contributed by atoms with Gasteiger partial charge in [-0.15, -0.1) is 0 Å². The standard InChI is InChI=1S/C20H14BrN3/c21-15-7-5-6-14(12-15)16-8-1-4-11-19(16)24-20-17-9-2-3-10-18(17)22-13-23-20/h1-13H,(H,22,23,24). The third-order valence-electron chi connectivity index (χ3n) is 3.86. The van der Waals surface area contributed by atoms with E-state index < -0.39 is 0 Å². The Morgan fingerprint density at radius 3 is 2.54 bits per heavy atom. The lowest BCUT2D eigenvalue weighted by Crippen LogP contribution is -1.97. The number of para-hydroxylation sites is 2. The normalized spacial score (nSPS) is 10.7. The maximum atomic E-state index is 4.42. The van der Waals surface area contributed by atoms with Crippen LogP contribution < -0.4 is 5.32 Å². The fourth-order valence-electron chi connectivity index (χ4n) is 2.73. The van der Waals surface area contributed by atoms with Gasteiger partial charge in [-0.1, -0.05) is 58.4 Å². The minimum atomic E-state index is 0.808. The van der Waals surface area contributed by atoms with E-state index in [1.807, 2.05) is 48.5 Å². The molecule has 0 spiro atoms. The van der Waals surface area contributed by atoms with Crippen molar-refractivity contribution in [2.75, 3.05) is 5.32 Å². The van der Waals surface area contributed by atoms with Crippen molar-refractivity contribution in [3.8, 4) is 11.1 Å². The Morgan fingerprint density at radius 1 is 0.792 bits per heavy atom. The van der Waals surface area contributed by atoms with Gasteiger partial charge in [-0.25, -0.2) is 9.97 Å². The second-order valence-electron chi connectivity index (χ2n) is 5.42. The molecular formula is C20H14BrN3. The minimum Gasteiger partial charge on any atom is -0.339 e. The van der Waals surface area contributed by atoms with Crippen molar-refractivity contribution in [3.05, 3.63) is 83.6 Å². The molecule has 0 fully saturated rings. The molecule has 3 nitrogen and oxygen atoms in total. The van der Waals surface area contributed by atoms with Crippen LogP contribution in [0.2, 0.25) is 0 Å². The summed E-state index contributed by atoms with van der Waals surface area (Å²) in [4.78, 5) is 8.74. The highest BCUT2D eigenvalue weighted by Gasteiger charge is 2.08. The molecule has 24 heavy (non-hydrogen) atoms. The van der Waals surface area contributed by atoms with Crippen molar-refractivity contribution in [2.24, 2.45) is 0 Å². The predicted molar refractivity (Wildman–Crippen MR) is 102 cm³/mol. The van der Waals surface area contributed by atoms with E-state index >= 15 is 0 Å². The summed E-state index contributed by atoms with van der Waals surface area (Å²) in [5.41, 5.74) is 4.21. The summed E-state index contributed by atoms with van der Waals surface area (Å²) in [6.45, 7) is 0. The summed E-state index contributed by atoms with van der Waals surface area (Å²) in [6.07, 6.45) is 1.59. The summed E-state index contributed by atoms with van der Waals surface area (Å²) in [5.74, 6) is 0.808. The first kappa shape index (κ1) is 14.8. The van der Waals surface area contributed by atoms with Crippen LogP contribution in [-0.2, 0) is 0 Å². The highest BCUT2D eigenvalue weighted by molar-refractivity contribution is 9.10. The second kappa shape index (κ2) is 6.42. The monoisotopic (exact) mass is 375 g/mol.